The van der Waals surface area contributed by atoms with Crippen LogP contribution >= 0.6 is 11.3 Å². The van der Waals surface area contributed by atoms with Crippen molar-refractivity contribution in [2.45, 2.75) is 19.6 Å². The maximum atomic E-state index is 12.4. The molecule has 0 radical (unpaired) electrons. The molecule has 2 aromatic rings. The van der Waals surface area contributed by atoms with Crippen LogP contribution in [0.1, 0.15) is 11.3 Å². The molecular weight excluding hydrogens is 282 g/mol. The zero-order valence-corrected chi connectivity index (χ0v) is 13.3. The Hall–Kier alpha value is -1.59. The van der Waals surface area contributed by atoms with E-state index in [0.717, 1.165) is 26.2 Å². The lowest BCUT2D eigenvalue weighted by Gasteiger charge is -2.25. The Labute approximate surface area is 129 Å². The minimum atomic E-state index is 0.0206. The Bertz CT molecular complexity index is 603. The van der Waals surface area contributed by atoms with Crippen molar-refractivity contribution in [2.75, 3.05) is 20.6 Å². The van der Waals surface area contributed by atoms with Gasteiger partial charge in [0.1, 0.15) is 0 Å². The molecule has 4 nitrogen and oxygen atoms in total. The second-order valence-electron chi connectivity index (χ2n) is 5.88. The Kier molecular flexibility index (Phi) is 4.12. The van der Waals surface area contributed by atoms with Crippen LogP contribution < -0.4 is 0 Å². The number of aromatic nitrogens is 1. The molecule has 0 aliphatic carbocycles. The van der Waals surface area contributed by atoms with Crippen LogP contribution in [-0.2, 0) is 24.4 Å². The van der Waals surface area contributed by atoms with Gasteiger partial charge in [0.05, 0.1) is 5.92 Å². The SMILES string of the molecule is CN(C)C(=O)C1CN(Cc2ccsc2)Cc2cccn2C1. The van der Waals surface area contributed by atoms with Gasteiger partial charge in [-0.2, -0.15) is 11.3 Å². The van der Waals surface area contributed by atoms with E-state index in [0.29, 0.717) is 0 Å². The van der Waals surface area contributed by atoms with Gasteiger partial charge in [-0.1, -0.05) is 0 Å². The Morgan fingerprint density at radius 2 is 2.24 bits per heavy atom. The Morgan fingerprint density at radius 1 is 1.38 bits per heavy atom. The van der Waals surface area contributed by atoms with E-state index in [2.05, 4.69) is 44.6 Å². The fraction of sp³-hybridized carbons (Fsp3) is 0.438. The van der Waals surface area contributed by atoms with E-state index >= 15 is 0 Å². The van der Waals surface area contributed by atoms with Crippen LogP contribution in [0.3, 0.4) is 0 Å². The molecule has 0 N–H and O–H groups in total. The molecule has 0 fully saturated rings. The third-order valence-electron chi connectivity index (χ3n) is 3.98. The van der Waals surface area contributed by atoms with Crippen molar-refractivity contribution in [2.24, 2.45) is 5.92 Å². The molecule has 5 heteroatoms. The van der Waals surface area contributed by atoms with Gasteiger partial charge in [-0.15, -0.1) is 0 Å². The summed E-state index contributed by atoms with van der Waals surface area (Å²) < 4.78 is 2.22. The van der Waals surface area contributed by atoms with Crippen molar-refractivity contribution >= 4 is 17.2 Å². The number of carbonyl (C=O) groups excluding carboxylic acids is 1. The summed E-state index contributed by atoms with van der Waals surface area (Å²) in [5.74, 6) is 0.235. The molecule has 0 bridgehead atoms. The number of carbonyl (C=O) groups is 1. The summed E-state index contributed by atoms with van der Waals surface area (Å²) in [4.78, 5) is 16.5. The van der Waals surface area contributed by atoms with E-state index in [4.69, 9.17) is 0 Å². The van der Waals surface area contributed by atoms with Crippen LogP contribution in [0, 0.1) is 5.92 Å². The van der Waals surface area contributed by atoms with E-state index in [1.165, 1.54) is 11.3 Å². The van der Waals surface area contributed by atoms with E-state index in [1.54, 1.807) is 16.2 Å². The molecule has 3 heterocycles. The summed E-state index contributed by atoms with van der Waals surface area (Å²) in [6, 6.07) is 6.39. The van der Waals surface area contributed by atoms with Gasteiger partial charge in [-0.25, -0.2) is 0 Å². The molecule has 1 unspecified atom stereocenters. The number of hydrogen-bond acceptors (Lipinski definition) is 3. The monoisotopic (exact) mass is 303 g/mol. The summed E-state index contributed by atoms with van der Waals surface area (Å²) in [7, 11) is 3.68. The first-order valence-electron chi connectivity index (χ1n) is 7.22. The number of thiophene rings is 1. The summed E-state index contributed by atoms with van der Waals surface area (Å²) in [6.45, 7) is 3.40. The van der Waals surface area contributed by atoms with Crippen molar-refractivity contribution in [1.29, 1.82) is 0 Å². The number of fused-ring (bicyclic) bond motifs is 1. The maximum absolute atomic E-state index is 12.4. The molecule has 3 rings (SSSR count). The normalized spacial score (nSPS) is 19.0. The quantitative estimate of drug-likeness (QED) is 0.870. The zero-order chi connectivity index (χ0) is 14.8. The van der Waals surface area contributed by atoms with Crippen LogP contribution in [0.4, 0.5) is 0 Å². The molecule has 1 aliphatic rings. The maximum Gasteiger partial charge on any atom is 0.228 e. The lowest BCUT2D eigenvalue weighted by atomic mass is 10.1. The average Bonchev–Trinajstić information content (AvgIpc) is 3.07. The van der Waals surface area contributed by atoms with Gasteiger partial charge in [0, 0.05) is 52.2 Å². The summed E-state index contributed by atoms with van der Waals surface area (Å²) in [5.41, 5.74) is 2.62. The van der Waals surface area contributed by atoms with Gasteiger partial charge in [-0.3, -0.25) is 9.69 Å². The molecule has 1 atom stereocenters. The Balaban J connectivity index is 1.82. The summed E-state index contributed by atoms with van der Waals surface area (Å²) in [5, 5.41) is 4.30. The zero-order valence-electron chi connectivity index (χ0n) is 12.5. The molecule has 112 valence electrons. The Morgan fingerprint density at radius 3 is 2.95 bits per heavy atom. The van der Waals surface area contributed by atoms with Crippen molar-refractivity contribution in [3.8, 4) is 0 Å². The van der Waals surface area contributed by atoms with Crippen LogP contribution in [0.25, 0.3) is 0 Å². The lowest BCUT2D eigenvalue weighted by molar-refractivity contribution is -0.134. The molecule has 2 aromatic heterocycles. The van der Waals surface area contributed by atoms with Crippen LogP contribution in [0.5, 0.6) is 0 Å². The van der Waals surface area contributed by atoms with Gasteiger partial charge in [0.2, 0.25) is 5.91 Å². The van der Waals surface area contributed by atoms with Gasteiger partial charge in [-0.05, 0) is 34.5 Å². The molecule has 0 saturated carbocycles. The van der Waals surface area contributed by atoms with Crippen molar-refractivity contribution in [3.63, 3.8) is 0 Å². The highest BCUT2D eigenvalue weighted by Gasteiger charge is 2.27. The topological polar surface area (TPSA) is 28.5 Å². The number of amides is 1. The van der Waals surface area contributed by atoms with E-state index in [-0.39, 0.29) is 11.8 Å². The minimum Gasteiger partial charge on any atom is -0.349 e. The fourth-order valence-electron chi connectivity index (χ4n) is 2.95. The van der Waals surface area contributed by atoms with E-state index < -0.39 is 0 Å². The summed E-state index contributed by atoms with van der Waals surface area (Å²) in [6.07, 6.45) is 2.08. The molecule has 0 saturated heterocycles. The fourth-order valence-corrected chi connectivity index (χ4v) is 3.61. The molecule has 1 amide bonds. The standard InChI is InChI=1S/C16H21N3OS/c1-17(2)16(20)14-9-18(8-13-5-7-21-12-13)11-15-4-3-6-19(15)10-14/h3-7,12,14H,8-11H2,1-2H3. The van der Waals surface area contributed by atoms with Crippen molar-refractivity contribution in [1.82, 2.24) is 14.4 Å². The molecule has 21 heavy (non-hydrogen) atoms. The first-order chi connectivity index (χ1) is 10.1. The van der Waals surface area contributed by atoms with Gasteiger partial charge in [0.15, 0.2) is 0 Å². The van der Waals surface area contributed by atoms with Gasteiger partial charge >= 0.3 is 0 Å². The first-order valence-corrected chi connectivity index (χ1v) is 8.16. The number of hydrogen-bond donors (Lipinski definition) is 0. The average molecular weight is 303 g/mol. The van der Waals surface area contributed by atoms with Crippen molar-refractivity contribution < 1.29 is 4.79 Å². The van der Waals surface area contributed by atoms with E-state index in [1.807, 2.05) is 14.1 Å². The second kappa shape index (κ2) is 6.03. The summed E-state index contributed by atoms with van der Waals surface area (Å²) >= 11 is 1.73. The van der Waals surface area contributed by atoms with E-state index in [9.17, 15) is 4.79 Å². The molecule has 1 aliphatic heterocycles. The number of rotatable bonds is 3. The highest BCUT2D eigenvalue weighted by atomic mass is 32.1. The largest absolute Gasteiger partial charge is 0.349 e. The predicted molar refractivity (Wildman–Crippen MR) is 85.0 cm³/mol. The minimum absolute atomic E-state index is 0.0206. The molecule has 0 aromatic carbocycles. The van der Waals surface area contributed by atoms with Crippen LogP contribution in [0.2, 0.25) is 0 Å². The molecule has 0 spiro atoms. The third-order valence-corrected chi connectivity index (χ3v) is 4.71. The third kappa shape index (κ3) is 3.19. The second-order valence-corrected chi connectivity index (χ2v) is 6.66. The number of nitrogens with zero attached hydrogens (tertiary/aromatic N) is 3. The van der Waals surface area contributed by atoms with Crippen molar-refractivity contribution in [3.05, 3.63) is 46.4 Å². The molecular formula is C16H21N3OS. The van der Waals surface area contributed by atoms with Gasteiger partial charge in [0.25, 0.3) is 0 Å². The smallest absolute Gasteiger partial charge is 0.228 e. The first kappa shape index (κ1) is 14.4. The highest BCUT2D eigenvalue weighted by molar-refractivity contribution is 7.07. The lowest BCUT2D eigenvalue weighted by Crippen LogP contribution is -2.38. The predicted octanol–water partition coefficient (Wildman–Crippen LogP) is 2.27. The van der Waals surface area contributed by atoms with Gasteiger partial charge < -0.3 is 9.47 Å². The van der Waals surface area contributed by atoms with Crippen LogP contribution in [-0.4, -0.2) is 40.9 Å². The van der Waals surface area contributed by atoms with Crippen LogP contribution in [0.15, 0.2) is 35.2 Å². The highest BCUT2D eigenvalue weighted by Crippen LogP contribution is 2.21.